The van der Waals surface area contributed by atoms with Gasteiger partial charge in [-0.05, 0) is 30.2 Å². The Morgan fingerprint density at radius 3 is 2.64 bits per heavy atom. The smallest absolute Gasteiger partial charge is 0.338 e. The molecule has 0 saturated carbocycles. The Kier molecular flexibility index (Phi) is 7.91. The van der Waals surface area contributed by atoms with Gasteiger partial charge in [-0.15, -0.1) is 0 Å². The molecular formula is C27H25BrN2O5S. The van der Waals surface area contributed by atoms with E-state index < -0.39 is 12.0 Å². The summed E-state index contributed by atoms with van der Waals surface area (Å²) in [6.07, 6.45) is 3.91. The molecule has 0 saturated heterocycles. The van der Waals surface area contributed by atoms with Crippen LogP contribution in [0.15, 0.2) is 80.6 Å². The van der Waals surface area contributed by atoms with E-state index in [4.69, 9.17) is 19.2 Å². The van der Waals surface area contributed by atoms with Crippen molar-refractivity contribution in [3.05, 3.63) is 102 Å². The molecule has 0 N–H and O–H groups in total. The first-order valence-corrected chi connectivity index (χ1v) is 12.8. The molecule has 4 rings (SSSR count). The maximum atomic E-state index is 13.8. The van der Waals surface area contributed by atoms with Gasteiger partial charge in [0.15, 0.2) is 16.3 Å². The lowest BCUT2D eigenvalue weighted by Gasteiger charge is -2.25. The highest BCUT2D eigenvalue weighted by atomic mass is 79.9. The van der Waals surface area contributed by atoms with E-state index in [2.05, 4.69) is 22.5 Å². The molecule has 0 amide bonds. The second kappa shape index (κ2) is 11.1. The van der Waals surface area contributed by atoms with Gasteiger partial charge in [-0.25, -0.2) is 9.79 Å². The molecule has 1 aromatic heterocycles. The van der Waals surface area contributed by atoms with Crippen LogP contribution < -0.4 is 24.4 Å². The molecule has 1 aliphatic heterocycles. The van der Waals surface area contributed by atoms with Gasteiger partial charge in [-0.3, -0.25) is 9.36 Å². The van der Waals surface area contributed by atoms with Gasteiger partial charge >= 0.3 is 5.97 Å². The summed E-state index contributed by atoms with van der Waals surface area (Å²) in [5, 5.41) is 0. The molecule has 186 valence electrons. The van der Waals surface area contributed by atoms with Crippen molar-refractivity contribution < 1.29 is 19.0 Å². The minimum atomic E-state index is -0.652. The largest absolute Gasteiger partial charge is 0.493 e. The number of halogens is 1. The van der Waals surface area contributed by atoms with E-state index in [1.165, 1.54) is 18.4 Å². The SMILES string of the molecule is C=CCOc1c(/C=c2/sc3n(c2=O)[C@H](c2ccccc2)C(C(=O)OC)=C(CC)N=3)cc(Br)cc1OC. The van der Waals surface area contributed by atoms with Crippen LogP contribution >= 0.6 is 27.3 Å². The molecule has 0 spiro atoms. The first-order valence-electron chi connectivity index (χ1n) is 11.2. The van der Waals surface area contributed by atoms with Crippen molar-refractivity contribution in [1.29, 1.82) is 0 Å². The fourth-order valence-electron chi connectivity index (χ4n) is 4.10. The molecule has 2 heterocycles. The van der Waals surface area contributed by atoms with Crippen molar-refractivity contribution >= 4 is 39.3 Å². The number of carbonyl (C=O) groups excluding carboxylic acids is 1. The molecule has 1 atom stereocenters. The highest BCUT2D eigenvalue weighted by Crippen LogP contribution is 2.36. The fourth-order valence-corrected chi connectivity index (χ4v) is 5.57. The van der Waals surface area contributed by atoms with Gasteiger partial charge in [0.25, 0.3) is 5.56 Å². The lowest BCUT2D eigenvalue weighted by atomic mass is 9.95. The molecule has 7 nitrogen and oxygen atoms in total. The summed E-state index contributed by atoms with van der Waals surface area (Å²) in [7, 11) is 2.89. The number of ether oxygens (including phenoxy) is 3. The zero-order valence-corrected chi connectivity index (χ0v) is 22.5. The number of allylic oxidation sites excluding steroid dienone is 1. The molecule has 0 bridgehead atoms. The molecule has 36 heavy (non-hydrogen) atoms. The van der Waals surface area contributed by atoms with E-state index >= 15 is 0 Å². The summed E-state index contributed by atoms with van der Waals surface area (Å²) in [5.41, 5.74) is 2.16. The van der Waals surface area contributed by atoms with Crippen LogP contribution in [0.1, 0.15) is 30.5 Å². The number of methoxy groups -OCH3 is 2. The van der Waals surface area contributed by atoms with Gasteiger partial charge in [0.1, 0.15) is 6.61 Å². The van der Waals surface area contributed by atoms with Crippen LogP contribution in [0.3, 0.4) is 0 Å². The second-order valence-corrected chi connectivity index (χ2v) is 9.75. The number of nitrogens with zero attached hydrogens (tertiary/aromatic N) is 2. The van der Waals surface area contributed by atoms with E-state index in [1.807, 2.05) is 43.3 Å². The van der Waals surface area contributed by atoms with Gasteiger partial charge in [0, 0.05) is 10.0 Å². The Balaban J connectivity index is 2.00. The Morgan fingerprint density at radius 2 is 2.00 bits per heavy atom. The quantitative estimate of drug-likeness (QED) is 0.301. The summed E-state index contributed by atoms with van der Waals surface area (Å²) < 4.78 is 19.3. The van der Waals surface area contributed by atoms with Crippen molar-refractivity contribution in [3.63, 3.8) is 0 Å². The molecule has 0 fully saturated rings. The van der Waals surface area contributed by atoms with Crippen molar-refractivity contribution in [2.75, 3.05) is 20.8 Å². The summed E-state index contributed by atoms with van der Waals surface area (Å²) in [4.78, 5) is 31.9. The minimum absolute atomic E-state index is 0.266. The van der Waals surface area contributed by atoms with Crippen molar-refractivity contribution in [3.8, 4) is 11.5 Å². The number of fused-ring (bicyclic) bond motifs is 1. The number of thiazole rings is 1. The van der Waals surface area contributed by atoms with Gasteiger partial charge in [-0.1, -0.05) is 77.2 Å². The molecule has 0 unspecified atom stereocenters. The minimum Gasteiger partial charge on any atom is -0.493 e. The van der Waals surface area contributed by atoms with E-state index in [0.717, 1.165) is 10.0 Å². The van der Waals surface area contributed by atoms with E-state index in [-0.39, 0.29) is 12.2 Å². The van der Waals surface area contributed by atoms with Gasteiger partial charge in [0.2, 0.25) is 0 Å². The predicted octanol–water partition coefficient (Wildman–Crippen LogP) is 4.13. The number of esters is 1. The van der Waals surface area contributed by atoms with Crippen LogP contribution in [0.2, 0.25) is 0 Å². The number of aromatic nitrogens is 1. The number of carbonyl (C=O) groups is 1. The van der Waals surface area contributed by atoms with Crippen LogP contribution in [-0.2, 0) is 9.53 Å². The Bertz CT molecular complexity index is 1520. The van der Waals surface area contributed by atoms with E-state index in [1.54, 1.807) is 29.9 Å². The van der Waals surface area contributed by atoms with Crippen LogP contribution in [0.4, 0.5) is 0 Å². The molecule has 0 radical (unpaired) electrons. The second-order valence-electron chi connectivity index (χ2n) is 7.82. The van der Waals surface area contributed by atoms with E-state index in [9.17, 15) is 9.59 Å². The Labute approximate surface area is 220 Å². The normalized spacial score (nSPS) is 15.2. The lowest BCUT2D eigenvalue weighted by molar-refractivity contribution is -0.136. The fraction of sp³-hybridized carbons (Fsp3) is 0.222. The van der Waals surface area contributed by atoms with Crippen LogP contribution in [0.5, 0.6) is 11.5 Å². The Morgan fingerprint density at radius 1 is 1.25 bits per heavy atom. The summed E-state index contributed by atoms with van der Waals surface area (Å²) in [6.45, 7) is 5.91. The first kappa shape index (κ1) is 25.7. The standard InChI is InChI=1S/C27H25BrN2O5S/c1-5-12-35-24-17(13-18(28)15-20(24)33-3)14-21-25(31)30-23(16-10-8-7-9-11-16)22(26(32)34-4)19(6-2)29-27(30)36-21/h5,7-11,13-15,23H,1,6,12H2,2-4H3/b21-14+/t23-/m1/s1. The van der Waals surface area contributed by atoms with Crippen molar-refractivity contribution in [1.82, 2.24) is 4.57 Å². The summed E-state index contributed by atoms with van der Waals surface area (Å²) in [6, 6.07) is 12.4. The average Bonchev–Trinajstić information content (AvgIpc) is 3.21. The van der Waals surface area contributed by atoms with E-state index in [0.29, 0.717) is 44.1 Å². The number of hydrogen-bond acceptors (Lipinski definition) is 7. The van der Waals surface area contributed by atoms with Gasteiger partial charge in [0.05, 0.1) is 36.1 Å². The molecular weight excluding hydrogens is 544 g/mol. The summed E-state index contributed by atoms with van der Waals surface area (Å²) in [5.74, 6) is 0.514. The van der Waals surface area contributed by atoms with Crippen molar-refractivity contribution in [2.24, 2.45) is 4.99 Å². The maximum Gasteiger partial charge on any atom is 0.338 e. The average molecular weight is 569 g/mol. The van der Waals surface area contributed by atoms with Gasteiger partial charge < -0.3 is 14.2 Å². The Hall–Kier alpha value is -3.43. The van der Waals surface area contributed by atoms with Gasteiger partial charge in [-0.2, -0.15) is 0 Å². The molecule has 2 aromatic carbocycles. The number of rotatable bonds is 8. The molecule has 1 aliphatic rings. The lowest BCUT2D eigenvalue weighted by Crippen LogP contribution is -2.40. The molecule has 3 aromatic rings. The first-order chi connectivity index (χ1) is 17.4. The van der Waals surface area contributed by atoms with Crippen molar-refractivity contribution in [2.45, 2.75) is 19.4 Å². The third-order valence-corrected chi connectivity index (χ3v) is 7.11. The zero-order valence-electron chi connectivity index (χ0n) is 20.1. The monoisotopic (exact) mass is 568 g/mol. The van der Waals surface area contributed by atoms with Crippen LogP contribution in [0, 0.1) is 0 Å². The highest BCUT2D eigenvalue weighted by Gasteiger charge is 2.33. The number of benzene rings is 2. The third-order valence-electron chi connectivity index (χ3n) is 5.67. The highest BCUT2D eigenvalue weighted by molar-refractivity contribution is 9.10. The van der Waals surface area contributed by atoms with Crippen LogP contribution in [0.25, 0.3) is 6.08 Å². The maximum absolute atomic E-state index is 13.8. The predicted molar refractivity (Wildman–Crippen MR) is 143 cm³/mol. The zero-order chi connectivity index (χ0) is 25.8. The van der Waals surface area contributed by atoms with Crippen LogP contribution in [-0.4, -0.2) is 31.4 Å². The topological polar surface area (TPSA) is 79.1 Å². The molecule has 0 aliphatic carbocycles. The number of hydrogen-bond donors (Lipinski definition) is 0. The summed E-state index contributed by atoms with van der Waals surface area (Å²) >= 11 is 4.76. The molecule has 9 heteroatoms. The third kappa shape index (κ3) is 4.81.